The van der Waals surface area contributed by atoms with Gasteiger partial charge < -0.3 is 10.5 Å². The molecule has 1 aliphatic heterocycles. The van der Waals surface area contributed by atoms with Gasteiger partial charge in [0.15, 0.2) is 5.78 Å². The molecule has 0 saturated heterocycles. The maximum absolute atomic E-state index is 12.9. The lowest BCUT2D eigenvalue weighted by molar-refractivity contribution is 0.103. The van der Waals surface area contributed by atoms with E-state index in [9.17, 15) is 13.2 Å². The van der Waals surface area contributed by atoms with Crippen molar-refractivity contribution in [3.63, 3.8) is 0 Å². The van der Waals surface area contributed by atoms with E-state index in [4.69, 9.17) is 22.1 Å². The molecule has 130 valence electrons. The second-order valence-corrected chi connectivity index (χ2v) is 7.69. The van der Waals surface area contributed by atoms with Crippen molar-refractivity contribution in [2.24, 2.45) is 10.7 Å². The molecule has 0 aromatic heterocycles. The van der Waals surface area contributed by atoms with Crippen LogP contribution in [0, 0.1) is 0 Å². The predicted molar refractivity (Wildman–Crippen MR) is 94.2 cm³/mol. The zero-order valence-corrected chi connectivity index (χ0v) is 14.9. The molecule has 0 fully saturated rings. The van der Waals surface area contributed by atoms with Gasteiger partial charge in [0.25, 0.3) is 0 Å². The molecule has 0 atom stereocenters. The second kappa shape index (κ2) is 6.59. The largest absolute Gasteiger partial charge is 0.481 e. The zero-order valence-electron chi connectivity index (χ0n) is 13.3. The summed E-state index contributed by atoms with van der Waals surface area (Å²) in [4.78, 5) is 16.7. The van der Waals surface area contributed by atoms with E-state index < -0.39 is 9.84 Å². The summed E-state index contributed by atoms with van der Waals surface area (Å²) in [6.07, 6.45) is 0. The average molecular weight is 379 g/mol. The quantitative estimate of drug-likeness (QED) is 0.555. The fraction of sp³-hybridized carbons (Fsp3) is 0.176. The summed E-state index contributed by atoms with van der Waals surface area (Å²) in [7, 11) is -2.41. The van der Waals surface area contributed by atoms with E-state index in [0.29, 0.717) is 23.7 Å². The molecule has 2 aromatic carbocycles. The van der Waals surface area contributed by atoms with Crippen molar-refractivity contribution in [3.05, 3.63) is 58.1 Å². The number of hydrogen-bond acceptors (Lipinski definition) is 6. The number of carbonyl (C=O) groups is 1. The maximum Gasteiger partial charge on any atom is 0.215 e. The number of ether oxygens (including phenoxy) is 1. The van der Waals surface area contributed by atoms with Gasteiger partial charge in [-0.15, -0.1) is 0 Å². The number of rotatable bonds is 3. The van der Waals surface area contributed by atoms with Crippen molar-refractivity contribution in [1.29, 1.82) is 0 Å². The van der Waals surface area contributed by atoms with Gasteiger partial charge in [0.1, 0.15) is 0 Å². The van der Waals surface area contributed by atoms with Crippen LogP contribution < -0.4 is 5.73 Å². The topological polar surface area (TPSA) is 98.8 Å². The summed E-state index contributed by atoms with van der Waals surface area (Å²) in [5.74, 6) is -0.121. The third kappa shape index (κ3) is 2.95. The molecule has 0 radical (unpaired) electrons. The van der Waals surface area contributed by atoms with Crippen LogP contribution in [0.4, 0.5) is 0 Å². The van der Waals surface area contributed by atoms with Crippen molar-refractivity contribution >= 4 is 33.1 Å². The molecule has 2 N–H and O–H groups in total. The van der Waals surface area contributed by atoms with Crippen molar-refractivity contribution in [2.45, 2.75) is 9.79 Å². The Balaban J connectivity index is 2.21. The van der Waals surface area contributed by atoms with Gasteiger partial charge >= 0.3 is 0 Å². The normalized spacial score (nSPS) is 15.5. The maximum atomic E-state index is 12.9. The number of fused-ring (bicyclic) bond motifs is 2. The number of methoxy groups -OCH3 is 1. The Hall–Kier alpha value is -2.22. The van der Waals surface area contributed by atoms with Crippen LogP contribution in [-0.4, -0.2) is 40.3 Å². The standard InChI is InChI=1S/C17H15ClN2O4S/c1-24-17(20-7-6-19)10-2-4-12-15(8-10)25(22,23)14-5-3-11(18)9-13(14)16(12)21/h2-5,8-9H,6-7,19H2,1H3. The number of ketones is 1. The van der Waals surface area contributed by atoms with Crippen LogP contribution in [0.2, 0.25) is 5.02 Å². The molecule has 0 aliphatic carbocycles. The highest BCUT2D eigenvalue weighted by Crippen LogP contribution is 2.36. The minimum absolute atomic E-state index is 0.0515. The molecule has 1 aliphatic rings. The third-order valence-electron chi connectivity index (χ3n) is 3.82. The summed E-state index contributed by atoms with van der Waals surface area (Å²) >= 11 is 5.91. The summed E-state index contributed by atoms with van der Waals surface area (Å²) in [5.41, 5.74) is 6.08. The van der Waals surface area contributed by atoms with E-state index >= 15 is 0 Å². The average Bonchev–Trinajstić information content (AvgIpc) is 2.60. The highest BCUT2D eigenvalue weighted by molar-refractivity contribution is 7.91. The van der Waals surface area contributed by atoms with Crippen molar-refractivity contribution in [3.8, 4) is 0 Å². The number of carbonyl (C=O) groups excluding carboxylic acids is 1. The van der Waals surface area contributed by atoms with Gasteiger partial charge in [-0.2, -0.15) is 0 Å². The van der Waals surface area contributed by atoms with Crippen LogP contribution in [0.25, 0.3) is 0 Å². The number of nitrogens with two attached hydrogens (primary N) is 1. The van der Waals surface area contributed by atoms with Crippen molar-refractivity contribution in [1.82, 2.24) is 0 Å². The van der Waals surface area contributed by atoms with Gasteiger partial charge in [0, 0.05) is 28.3 Å². The highest BCUT2D eigenvalue weighted by atomic mass is 35.5. The number of nitrogens with zero attached hydrogens (tertiary/aromatic N) is 1. The van der Waals surface area contributed by atoms with Crippen LogP contribution in [0.15, 0.2) is 51.2 Å². The molecule has 0 spiro atoms. The Kier molecular flexibility index (Phi) is 4.64. The lowest BCUT2D eigenvalue weighted by Gasteiger charge is -2.19. The second-order valence-electron chi connectivity index (χ2n) is 5.36. The minimum Gasteiger partial charge on any atom is -0.481 e. The van der Waals surface area contributed by atoms with Crippen molar-refractivity contribution < 1.29 is 17.9 Å². The fourth-order valence-corrected chi connectivity index (χ4v) is 4.51. The zero-order chi connectivity index (χ0) is 18.2. The lowest BCUT2D eigenvalue weighted by Crippen LogP contribution is -2.21. The first-order valence-corrected chi connectivity index (χ1v) is 9.28. The molecule has 25 heavy (non-hydrogen) atoms. The van der Waals surface area contributed by atoms with Gasteiger partial charge in [-0.3, -0.25) is 4.79 Å². The smallest absolute Gasteiger partial charge is 0.215 e. The van der Waals surface area contributed by atoms with E-state index in [1.54, 1.807) is 6.07 Å². The number of hydrogen-bond donors (Lipinski definition) is 1. The number of aliphatic imine (C=N–C) groups is 1. The Morgan fingerprint density at radius 1 is 1.16 bits per heavy atom. The fourth-order valence-electron chi connectivity index (χ4n) is 2.68. The van der Waals surface area contributed by atoms with Crippen LogP contribution in [0.1, 0.15) is 21.5 Å². The van der Waals surface area contributed by atoms with E-state index in [-0.39, 0.29) is 32.6 Å². The Morgan fingerprint density at radius 2 is 1.92 bits per heavy atom. The van der Waals surface area contributed by atoms with Gasteiger partial charge in [0.2, 0.25) is 15.7 Å². The summed E-state index contributed by atoms with van der Waals surface area (Å²) in [6.45, 7) is 0.677. The highest BCUT2D eigenvalue weighted by Gasteiger charge is 2.35. The third-order valence-corrected chi connectivity index (χ3v) is 5.90. The van der Waals surface area contributed by atoms with E-state index in [1.807, 2.05) is 0 Å². The Labute approximate surface area is 150 Å². The molecule has 0 bridgehead atoms. The summed E-state index contributed by atoms with van der Waals surface area (Å²) in [6, 6.07) is 8.63. The molecule has 6 nitrogen and oxygen atoms in total. The number of sulfone groups is 1. The van der Waals surface area contributed by atoms with Crippen LogP contribution in [0.5, 0.6) is 0 Å². The molecule has 0 amide bonds. The number of benzene rings is 2. The SMILES string of the molecule is COC(=NCCN)c1ccc2c(c1)S(=O)(=O)c1ccc(Cl)cc1C2=O. The predicted octanol–water partition coefficient (Wildman–Crippen LogP) is 2.07. The molecular formula is C17H15ClN2O4S. The molecular weight excluding hydrogens is 364 g/mol. The Morgan fingerprint density at radius 3 is 2.60 bits per heavy atom. The van der Waals surface area contributed by atoms with E-state index in [1.165, 1.54) is 37.4 Å². The number of halogens is 1. The molecule has 2 aromatic rings. The molecule has 1 heterocycles. The van der Waals surface area contributed by atoms with E-state index in [2.05, 4.69) is 4.99 Å². The van der Waals surface area contributed by atoms with Crippen LogP contribution in [-0.2, 0) is 14.6 Å². The lowest BCUT2D eigenvalue weighted by atomic mass is 10.0. The molecule has 8 heteroatoms. The molecule has 3 rings (SSSR count). The first-order valence-electron chi connectivity index (χ1n) is 7.42. The monoisotopic (exact) mass is 378 g/mol. The summed E-state index contributed by atoms with van der Waals surface area (Å²) < 4.78 is 31.1. The van der Waals surface area contributed by atoms with Gasteiger partial charge in [-0.1, -0.05) is 11.6 Å². The van der Waals surface area contributed by atoms with Crippen LogP contribution >= 0.6 is 11.6 Å². The molecule has 0 unspecified atom stereocenters. The van der Waals surface area contributed by atoms with E-state index in [0.717, 1.165) is 0 Å². The summed E-state index contributed by atoms with van der Waals surface area (Å²) in [5, 5.41) is 0.304. The van der Waals surface area contributed by atoms with Crippen LogP contribution in [0.3, 0.4) is 0 Å². The van der Waals surface area contributed by atoms with Gasteiger partial charge in [0.05, 0.1) is 23.4 Å². The Bertz CT molecular complexity index is 1000. The first-order chi connectivity index (χ1) is 11.9. The van der Waals surface area contributed by atoms with Gasteiger partial charge in [-0.25, -0.2) is 13.4 Å². The molecule has 0 saturated carbocycles. The minimum atomic E-state index is -3.85. The van der Waals surface area contributed by atoms with Gasteiger partial charge in [-0.05, 0) is 36.4 Å². The van der Waals surface area contributed by atoms with Crippen molar-refractivity contribution in [2.75, 3.05) is 20.2 Å². The first kappa shape index (κ1) is 17.6.